The van der Waals surface area contributed by atoms with Gasteiger partial charge >= 0.3 is 0 Å². The zero-order chi connectivity index (χ0) is 24.1. The van der Waals surface area contributed by atoms with Crippen molar-refractivity contribution in [3.8, 4) is 0 Å². The Balaban J connectivity index is 1.32. The number of benzene rings is 3. The van der Waals surface area contributed by atoms with Crippen LogP contribution in [-0.2, 0) is 9.63 Å². The van der Waals surface area contributed by atoms with Crippen molar-refractivity contribution in [2.24, 2.45) is 5.16 Å². The first-order chi connectivity index (χ1) is 17.0. The minimum atomic E-state index is -0.415. The summed E-state index contributed by atoms with van der Waals surface area (Å²) in [5.74, 6) is 0.120. The van der Waals surface area contributed by atoms with E-state index in [9.17, 15) is 4.79 Å². The maximum absolute atomic E-state index is 13.7. The van der Waals surface area contributed by atoms with Crippen molar-refractivity contribution in [2.45, 2.75) is 45.8 Å². The van der Waals surface area contributed by atoms with Crippen LogP contribution >= 0.6 is 0 Å². The van der Waals surface area contributed by atoms with Gasteiger partial charge in [0.1, 0.15) is 12.1 Å². The zero-order valence-corrected chi connectivity index (χ0v) is 20.2. The average Bonchev–Trinajstić information content (AvgIpc) is 3.45. The highest BCUT2D eigenvalue weighted by atomic mass is 16.6. The third-order valence-electron chi connectivity index (χ3n) is 7.12. The second-order valence-corrected chi connectivity index (χ2v) is 9.69. The molecule has 2 atom stereocenters. The van der Waals surface area contributed by atoms with Crippen LogP contribution in [0.4, 0.5) is 11.4 Å². The van der Waals surface area contributed by atoms with Crippen molar-refractivity contribution in [1.82, 2.24) is 9.78 Å². The van der Waals surface area contributed by atoms with Crippen LogP contribution in [0.3, 0.4) is 0 Å². The van der Waals surface area contributed by atoms with Gasteiger partial charge in [-0.05, 0) is 50.1 Å². The molecule has 35 heavy (non-hydrogen) atoms. The van der Waals surface area contributed by atoms with E-state index in [0.29, 0.717) is 12.8 Å². The molecule has 0 N–H and O–H groups in total. The lowest BCUT2D eigenvalue weighted by Gasteiger charge is -2.23. The minimum absolute atomic E-state index is 0.120. The van der Waals surface area contributed by atoms with Crippen LogP contribution in [0.1, 0.15) is 41.1 Å². The number of anilines is 2. The Hall–Kier alpha value is -3.93. The van der Waals surface area contributed by atoms with Gasteiger partial charge in [-0.3, -0.25) is 9.48 Å². The normalized spacial score (nSPS) is 19.6. The van der Waals surface area contributed by atoms with Gasteiger partial charge in [-0.25, -0.2) is 0 Å². The Morgan fingerprint density at radius 1 is 1.00 bits per heavy atom. The van der Waals surface area contributed by atoms with E-state index in [4.69, 9.17) is 4.84 Å². The van der Waals surface area contributed by atoms with Gasteiger partial charge in [-0.15, -0.1) is 0 Å². The van der Waals surface area contributed by atoms with E-state index in [1.165, 1.54) is 16.7 Å². The molecule has 176 valence electrons. The third-order valence-corrected chi connectivity index (χ3v) is 7.12. The smallest absolute Gasteiger partial charge is 0.177 e. The fourth-order valence-electron chi connectivity index (χ4n) is 5.68. The van der Waals surface area contributed by atoms with Crippen molar-refractivity contribution < 1.29 is 9.63 Å². The largest absolute Gasteiger partial charge is 0.392 e. The summed E-state index contributed by atoms with van der Waals surface area (Å²) in [6.45, 7) is 6.64. The molecule has 0 amide bonds. The van der Waals surface area contributed by atoms with Crippen molar-refractivity contribution in [3.05, 3.63) is 89.1 Å². The van der Waals surface area contributed by atoms with Gasteiger partial charge in [-0.1, -0.05) is 53.2 Å². The van der Waals surface area contributed by atoms with Crippen LogP contribution < -0.4 is 4.90 Å². The number of para-hydroxylation sites is 2. The predicted molar refractivity (Wildman–Crippen MR) is 139 cm³/mol. The summed E-state index contributed by atoms with van der Waals surface area (Å²) in [5, 5.41) is 10.2. The molecular formula is C29H28N4O2. The molecule has 4 aromatic rings. The summed E-state index contributed by atoms with van der Waals surface area (Å²) in [6.07, 6.45) is 2.89. The van der Waals surface area contributed by atoms with Gasteiger partial charge in [0, 0.05) is 29.5 Å². The standard InChI is InChI=1S/C29H28N4O2/c1-18-12-19(2)28(20(3)13-18)24-14-23(35-31-24)15-26-27(34)17-32(22-9-5-4-6-10-22)25-11-7-8-21-16-30-33(26)29(21)25/h4-13,16,23,26H,14-15,17H2,1-3H3. The fraction of sp³-hybridized carbons (Fsp3) is 0.276. The van der Waals surface area contributed by atoms with Crippen LogP contribution in [0.5, 0.6) is 0 Å². The van der Waals surface area contributed by atoms with Crippen molar-refractivity contribution in [2.75, 3.05) is 11.4 Å². The van der Waals surface area contributed by atoms with E-state index < -0.39 is 6.04 Å². The molecule has 3 heterocycles. The lowest BCUT2D eigenvalue weighted by molar-refractivity contribution is -0.122. The van der Waals surface area contributed by atoms with Crippen LogP contribution in [0, 0.1) is 20.8 Å². The summed E-state index contributed by atoms with van der Waals surface area (Å²) in [7, 11) is 0. The van der Waals surface area contributed by atoms with Crippen LogP contribution in [0.2, 0.25) is 0 Å². The molecular weight excluding hydrogens is 436 g/mol. The van der Waals surface area contributed by atoms with Gasteiger partial charge in [0.25, 0.3) is 0 Å². The zero-order valence-electron chi connectivity index (χ0n) is 20.2. The maximum atomic E-state index is 13.7. The second-order valence-electron chi connectivity index (χ2n) is 9.69. The summed E-state index contributed by atoms with van der Waals surface area (Å²) >= 11 is 0. The highest BCUT2D eigenvalue weighted by Gasteiger charge is 2.36. The Bertz CT molecular complexity index is 1450. The van der Waals surface area contributed by atoms with Crippen molar-refractivity contribution in [1.29, 1.82) is 0 Å². The van der Waals surface area contributed by atoms with Crippen molar-refractivity contribution >= 4 is 33.8 Å². The van der Waals surface area contributed by atoms with Crippen LogP contribution in [0.25, 0.3) is 10.9 Å². The molecule has 0 bridgehead atoms. The molecule has 0 saturated heterocycles. The number of ketones is 1. The number of carbonyl (C=O) groups is 1. The van der Waals surface area contributed by atoms with Gasteiger partial charge in [0.05, 0.1) is 29.7 Å². The number of Topliss-reactive ketones (excluding diaryl/α,β-unsaturated/α-hetero) is 1. The van der Waals surface area contributed by atoms with E-state index in [1.807, 2.05) is 47.3 Å². The van der Waals surface area contributed by atoms with Gasteiger partial charge in [-0.2, -0.15) is 5.10 Å². The molecule has 6 nitrogen and oxygen atoms in total. The molecule has 0 fully saturated rings. The third kappa shape index (κ3) is 3.70. The molecule has 1 aromatic heterocycles. The summed E-state index contributed by atoms with van der Waals surface area (Å²) in [6, 6.07) is 20.2. The highest BCUT2D eigenvalue weighted by Crippen LogP contribution is 2.38. The van der Waals surface area contributed by atoms with Crippen LogP contribution in [0.15, 0.2) is 72.0 Å². The maximum Gasteiger partial charge on any atom is 0.177 e. The van der Waals surface area contributed by atoms with E-state index in [2.05, 4.69) is 60.2 Å². The lowest BCUT2D eigenvalue weighted by atomic mass is 9.92. The predicted octanol–water partition coefficient (Wildman–Crippen LogP) is 5.81. The molecule has 6 rings (SSSR count). The number of rotatable bonds is 4. The van der Waals surface area contributed by atoms with Gasteiger partial charge < -0.3 is 9.74 Å². The SMILES string of the molecule is Cc1cc(C)c(C2=NOC(CC3C(=O)CN(c4ccccc4)c4cccc5cnn3c45)C2)c(C)c1. The quantitative estimate of drug-likeness (QED) is 0.383. The number of aryl methyl sites for hydroxylation is 3. The average molecular weight is 465 g/mol. The number of carbonyl (C=O) groups excluding carboxylic acids is 1. The Labute approximate surface area is 204 Å². The minimum Gasteiger partial charge on any atom is -0.392 e. The molecule has 3 aromatic carbocycles. The van der Waals surface area contributed by atoms with E-state index in [1.54, 1.807) is 0 Å². The number of aromatic nitrogens is 2. The van der Waals surface area contributed by atoms with Crippen LogP contribution in [-0.4, -0.2) is 33.9 Å². The van der Waals surface area contributed by atoms with E-state index in [-0.39, 0.29) is 18.4 Å². The molecule has 0 radical (unpaired) electrons. The van der Waals surface area contributed by atoms with E-state index >= 15 is 0 Å². The number of oxime groups is 1. The molecule has 0 aliphatic carbocycles. The summed E-state index contributed by atoms with van der Waals surface area (Å²) in [4.78, 5) is 21.7. The highest BCUT2D eigenvalue weighted by molar-refractivity contribution is 6.04. The molecule has 0 saturated carbocycles. The van der Waals surface area contributed by atoms with Gasteiger partial charge in [0.2, 0.25) is 0 Å². The topological polar surface area (TPSA) is 59.7 Å². The first kappa shape index (κ1) is 21.6. The number of hydrogen-bond acceptors (Lipinski definition) is 5. The monoisotopic (exact) mass is 464 g/mol. The molecule has 0 spiro atoms. The molecule has 2 aliphatic rings. The second kappa shape index (κ2) is 8.38. The van der Waals surface area contributed by atoms with E-state index in [0.717, 1.165) is 33.6 Å². The number of hydrogen-bond donors (Lipinski definition) is 0. The molecule has 2 unspecified atom stereocenters. The number of nitrogens with zero attached hydrogens (tertiary/aromatic N) is 4. The lowest BCUT2D eigenvalue weighted by Crippen LogP contribution is -2.31. The summed E-state index contributed by atoms with van der Waals surface area (Å²) < 4.78 is 1.90. The summed E-state index contributed by atoms with van der Waals surface area (Å²) in [5.41, 5.74) is 8.75. The van der Waals surface area contributed by atoms with Crippen molar-refractivity contribution in [3.63, 3.8) is 0 Å². The Morgan fingerprint density at radius 3 is 2.54 bits per heavy atom. The van der Waals surface area contributed by atoms with Gasteiger partial charge in [0.15, 0.2) is 5.78 Å². The Kier molecular flexibility index (Phi) is 5.17. The Morgan fingerprint density at radius 2 is 1.77 bits per heavy atom. The molecule has 6 heteroatoms. The fourth-order valence-corrected chi connectivity index (χ4v) is 5.68. The first-order valence-corrected chi connectivity index (χ1v) is 12.1. The first-order valence-electron chi connectivity index (χ1n) is 12.1. The molecule has 2 aliphatic heterocycles.